The molecule has 0 fully saturated rings. The van der Waals surface area contributed by atoms with Crippen molar-refractivity contribution in [2.75, 3.05) is 6.61 Å². The Balaban J connectivity index is 1.91. The van der Waals surface area contributed by atoms with Crippen LogP contribution in [0.4, 0.5) is 4.79 Å². The van der Waals surface area contributed by atoms with Gasteiger partial charge in [-0.2, -0.15) is 5.10 Å². The standard InChI is InChI=1S/C18H24N4O2/c1-5-10-24-17-9-7-6-8-15(17)11-19-18(23)20-13(2)16-12-22(4)21-14(16)3/h5-9,12-13H,1,10-11H2,2-4H3,(H2,19,20,23). The van der Waals surface area contributed by atoms with Crippen LogP contribution >= 0.6 is 0 Å². The zero-order chi connectivity index (χ0) is 17.5. The molecule has 2 N–H and O–H groups in total. The molecule has 2 amide bonds. The quantitative estimate of drug-likeness (QED) is 0.768. The van der Waals surface area contributed by atoms with Crippen LogP contribution in [-0.2, 0) is 13.6 Å². The van der Waals surface area contributed by atoms with E-state index in [0.717, 1.165) is 22.6 Å². The maximum absolute atomic E-state index is 12.1. The summed E-state index contributed by atoms with van der Waals surface area (Å²) in [5, 5.41) is 10.1. The number of carbonyl (C=O) groups is 1. The molecule has 1 unspecified atom stereocenters. The monoisotopic (exact) mass is 328 g/mol. The van der Waals surface area contributed by atoms with E-state index in [1.807, 2.05) is 51.4 Å². The lowest BCUT2D eigenvalue weighted by atomic mass is 10.1. The second-order valence-corrected chi connectivity index (χ2v) is 5.60. The van der Waals surface area contributed by atoms with Gasteiger partial charge in [0.25, 0.3) is 0 Å². The zero-order valence-electron chi connectivity index (χ0n) is 14.4. The minimum Gasteiger partial charge on any atom is -0.489 e. The van der Waals surface area contributed by atoms with Crippen molar-refractivity contribution < 1.29 is 9.53 Å². The largest absolute Gasteiger partial charge is 0.489 e. The molecule has 1 aromatic carbocycles. The number of aromatic nitrogens is 2. The van der Waals surface area contributed by atoms with Crippen molar-refractivity contribution in [3.63, 3.8) is 0 Å². The highest BCUT2D eigenvalue weighted by Crippen LogP contribution is 2.18. The molecular formula is C18H24N4O2. The Kier molecular flexibility index (Phi) is 6.01. The van der Waals surface area contributed by atoms with Gasteiger partial charge in [0.2, 0.25) is 0 Å². The summed E-state index contributed by atoms with van der Waals surface area (Å²) >= 11 is 0. The van der Waals surface area contributed by atoms with Crippen molar-refractivity contribution in [1.82, 2.24) is 20.4 Å². The average Bonchev–Trinajstić information content (AvgIpc) is 2.90. The molecule has 1 atom stereocenters. The molecule has 0 saturated heterocycles. The lowest BCUT2D eigenvalue weighted by Gasteiger charge is -2.15. The van der Waals surface area contributed by atoms with E-state index in [1.165, 1.54) is 0 Å². The molecule has 0 bridgehead atoms. The van der Waals surface area contributed by atoms with E-state index >= 15 is 0 Å². The fourth-order valence-electron chi connectivity index (χ4n) is 2.48. The number of nitrogens with zero attached hydrogens (tertiary/aromatic N) is 2. The second kappa shape index (κ2) is 8.19. The fourth-order valence-corrected chi connectivity index (χ4v) is 2.48. The molecule has 0 aliphatic carbocycles. The predicted octanol–water partition coefficient (Wildman–Crippen LogP) is 2.85. The topological polar surface area (TPSA) is 68.2 Å². The molecule has 0 saturated carbocycles. The molecule has 6 heteroatoms. The molecule has 128 valence electrons. The molecule has 0 aliphatic heterocycles. The number of para-hydroxylation sites is 1. The molecule has 0 spiro atoms. The van der Waals surface area contributed by atoms with Crippen LogP contribution in [-0.4, -0.2) is 22.4 Å². The summed E-state index contributed by atoms with van der Waals surface area (Å²) in [6.45, 7) is 8.32. The van der Waals surface area contributed by atoms with Crippen LogP contribution in [0.5, 0.6) is 5.75 Å². The number of hydrogen-bond donors (Lipinski definition) is 2. The van der Waals surface area contributed by atoms with Crippen LogP contribution in [0, 0.1) is 6.92 Å². The molecule has 1 aromatic heterocycles. The van der Waals surface area contributed by atoms with Crippen LogP contribution in [0.25, 0.3) is 0 Å². The first-order valence-electron chi connectivity index (χ1n) is 7.87. The summed E-state index contributed by atoms with van der Waals surface area (Å²) in [6.07, 6.45) is 3.60. The highest BCUT2D eigenvalue weighted by molar-refractivity contribution is 5.74. The maximum atomic E-state index is 12.1. The highest BCUT2D eigenvalue weighted by atomic mass is 16.5. The number of urea groups is 1. The molecule has 2 rings (SSSR count). The number of benzene rings is 1. The van der Waals surface area contributed by atoms with Crippen molar-refractivity contribution in [2.24, 2.45) is 7.05 Å². The van der Waals surface area contributed by atoms with E-state index in [9.17, 15) is 4.79 Å². The number of hydrogen-bond acceptors (Lipinski definition) is 3. The summed E-state index contributed by atoms with van der Waals surface area (Å²) in [6, 6.07) is 7.26. The fraction of sp³-hybridized carbons (Fsp3) is 0.333. The molecule has 1 heterocycles. The summed E-state index contributed by atoms with van der Waals surface area (Å²) < 4.78 is 7.33. The molecule has 24 heavy (non-hydrogen) atoms. The summed E-state index contributed by atoms with van der Waals surface area (Å²) in [7, 11) is 1.86. The Bertz CT molecular complexity index is 709. The minimum atomic E-state index is -0.232. The summed E-state index contributed by atoms with van der Waals surface area (Å²) in [5.74, 6) is 0.744. The highest BCUT2D eigenvalue weighted by Gasteiger charge is 2.14. The van der Waals surface area contributed by atoms with Gasteiger partial charge in [-0.05, 0) is 19.9 Å². The van der Waals surface area contributed by atoms with Crippen LogP contribution in [0.15, 0.2) is 43.1 Å². The van der Waals surface area contributed by atoms with E-state index in [1.54, 1.807) is 10.8 Å². The van der Waals surface area contributed by atoms with Gasteiger partial charge < -0.3 is 15.4 Å². The van der Waals surface area contributed by atoms with E-state index in [-0.39, 0.29) is 12.1 Å². The van der Waals surface area contributed by atoms with Crippen molar-refractivity contribution in [2.45, 2.75) is 26.4 Å². The number of amides is 2. The number of carbonyl (C=O) groups excluding carboxylic acids is 1. The normalized spacial score (nSPS) is 11.6. The lowest BCUT2D eigenvalue weighted by Crippen LogP contribution is -2.36. The van der Waals surface area contributed by atoms with Crippen LogP contribution in [0.3, 0.4) is 0 Å². The Morgan fingerprint density at radius 3 is 2.88 bits per heavy atom. The molecule has 0 radical (unpaired) electrons. The lowest BCUT2D eigenvalue weighted by molar-refractivity contribution is 0.237. The van der Waals surface area contributed by atoms with E-state index in [2.05, 4.69) is 22.3 Å². The first kappa shape index (κ1) is 17.6. The number of rotatable bonds is 7. The SMILES string of the molecule is C=CCOc1ccccc1CNC(=O)NC(C)c1cn(C)nc1C. The maximum Gasteiger partial charge on any atom is 0.315 e. The van der Waals surface area contributed by atoms with Crippen LogP contribution in [0.2, 0.25) is 0 Å². The molecule has 0 aliphatic rings. The first-order chi connectivity index (χ1) is 11.5. The van der Waals surface area contributed by atoms with Gasteiger partial charge in [-0.15, -0.1) is 0 Å². The number of nitrogens with one attached hydrogen (secondary N) is 2. The van der Waals surface area contributed by atoms with Gasteiger partial charge in [-0.1, -0.05) is 30.9 Å². The minimum absolute atomic E-state index is 0.119. The van der Waals surface area contributed by atoms with Crippen LogP contribution < -0.4 is 15.4 Å². The van der Waals surface area contributed by atoms with Gasteiger partial charge in [0.1, 0.15) is 12.4 Å². The average molecular weight is 328 g/mol. The Hall–Kier alpha value is -2.76. The zero-order valence-corrected chi connectivity index (χ0v) is 14.4. The van der Waals surface area contributed by atoms with Crippen molar-refractivity contribution >= 4 is 6.03 Å². The number of aryl methyl sites for hydroxylation is 2. The third-order valence-corrected chi connectivity index (χ3v) is 3.63. The first-order valence-corrected chi connectivity index (χ1v) is 7.87. The summed E-state index contributed by atoms with van der Waals surface area (Å²) in [4.78, 5) is 12.1. The smallest absolute Gasteiger partial charge is 0.315 e. The number of ether oxygens (including phenoxy) is 1. The Labute approximate surface area is 142 Å². The van der Waals surface area contributed by atoms with Gasteiger partial charge in [0.15, 0.2) is 0 Å². The molecule has 6 nitrogen and oxygen atoms in total. The van der Waals surface area contributed by atoms with E-state index < -0.39 is 0 Å². The van der Waals surface area contributed by atoms with Gasteiger partial charge in [0.05, 0.1) is 11.7 Å². The van der Waals surface area contributed by atoms with Crippen molar-refractivity contribution in [3.8, 4) is 5.75 Å². The molecular weight excluding hydrogens is 304 g/mol. The van der Waals surface area contributed by atoms with Crippen molar-refractivity contribution in [3.05, 3.63) is 59.9 Å². The van der Waals surface area contributed by atoms with E-state index in [4.69, 9.17) is 4.74 Å². The molecule has 2 aromatic rings. The van der Waals surface area contributed by atoms with Gasteiger partial charge in [-0.3, -0.25) is 4.68 Å². The van der Waals surface area contributed by atoms with Crippen molar-refractivity contribution in [1.29, 1.82) is 0 Å². The third kappa shape index (κ3) is 4.62. The predicted molar refractivity (Wildman–Crippen MR) is 93.9 cm³/mol. The third-order valence-electron chi connectivity index (χ3n) is 3.63. The van der Waals surface area contributed by atoms with Gasteiger partial charge in [0, 0.05) is 30.9 Å². The van der Waals surface area contributed by atoms with Crippen LogP contribution in [0.1, 0.15) is 29.8 Å². The Morgan fingerprint density at radius 2 is 2.21 bits per heavy atom. The van der Waals surface area contributed by atoms with Gasteiger partial charge in [-0.25, -0.2) is 4.79 Å². The second-order valence-electron chi connectivity index (χ2n) is 5.60. The van der Waals surface area contributed by atoms with E-state index in [0.29, 0.717) is 13.2 Å². The van der Waals surface area contributed by atoms with Gasteiger partial charge >= 0.3 is 6.03 Å². The Morgan fingerprint density at radius 1 is 1.46 bits per heavy atom. The summed E-state index contributed by atoms with van der Waals surface area (Å²) in [5.41, 5.74) is 2.83.